The van der Waals surface area contributed by atoms with Gasteiger partial charge in [0.15, 0.2) is 0 Å². The SMILES string of the molecule is C[C@@H]1C[C@H](N)C[C@H](c2ccncc2NC(=O)c2cccc(-c3ccccc3F)n2)C1. The van der Waals surface area contributed by atoms with E-state index in [1.54, 1.807) is 48.8 Å². The summed E-state index contributed by atoms with van der Waals surface area (Å²) in [4.78, 5) is 21.5. The normalized spacial score (nSPS) is 21.2. The van der Waals surface area contributed by atoms with Crippen molar-refractivity contribution in [2.45, 2.75) is 38.1 Å². The zero-order valence-corrected chi connectivity index (χ0v) is 16.9. The van der Waals surface area contributed by atoms with Gasteiger partial charge in [0.05, 0.1) is 17.6 Å². The van der Waals surface area contributed by atoms with E-state index in [1.165, 1.54) is 6.07 Å². The zero-order chi connectivity index (χ0) is 21.1. The Morgan fingerprint density at radius 2 is 1.93 bits per heavy atom. The van der Waals surface area contributed by atoms with Gasteiger partial charge in [-0.1, -0.05) is 25.1 Å². The van der Waals surface area contributed by atoms with E-state index < -0.39 is 0 Å². The van der Waals surface area contributed by atoms with Crippen LogP contribution in [-0.2, 0) is 0 Å². The molecule has 2 heterocycles. The molecule has 2 aromatic heterocycles. The minimum atomic E-state index is -0.375. The van der Waals surface area contributed by atoms with E-state index in [9.17, 15) is 9.18 Å². The average molecular weight is 404 g/mol. The molecule has 1 saturated carbocycles. The van der Waals surface area contributed by atoms with Crippen LogP contribution in [0.5, 0.6) is 0 Å². The summed E-state index contributed by atoms with van der Waals surface area (Å²) in [5.41, 5.74) is 8.95. The summed E-state index contributed by atoms with van der Waals surface area (Å²) < 4.78 is 14.1. The van der Waals surface area contributed by atoms with Crippen molar-refractivity contribution in [3.05, 3.63) is 78.0 Å². The van der Waals surface area contributed by atoms with E-state index in [-0.39, 0.29) is 29.4 Å². The largest absolute Gasteiger partial charge is 0.328 e. The Balaban J connectivity index is 1.58. The van der Waals surface area contributed by atoms with E-state index in [0.29, 0.717) is 22.9 Å². The number of carbonyl (C=O) groups excluding carboxylic acids is 1. The van der Waals surface area contributed by atoms with Gasteiger partial charge in [-0.05, 0) is 67.0 Å². The number of nitrogens with two attached hydrogens (primary N) is 1. The molecule has 0 spiro atoms. The van der Waals surface area contributed by atoms with E-state index in [1.807, 2.05) is 6.07 Å². The number of hydrogen-bond donors (Lipinski definition) is 2. The van der Waals surface area contributed by atoms with Crippen molar-refractivity contribution in [1.82, 2.24) is 9.97 Å². The van der Waals surface area contributed by atoms with E-state index >= 15 is 0 Å². The highest BCUT2D eigenvalue weighted by atomic mass is 19.1. The molecule has 4 rings (SSSR count). The van der Waals surface area contributed by atoms with Crippen LogP contribution in [0.2, 0.25) is 0 Å². The van der Waals surface area contributed by atoms with Crippen LogP contribution in [0.1, 0.15) is 48.2 Å². The lowest BCUT2D eigenvalue weighted by atomic mass is 9.76. The smallest absolute Gasteiger partial charge is 0.274 e. The molecule has 1 aromatic carbocycles. The van der Waals surface area contributed by atoms with Gasteiger partial charge in [-0.25, -0.2) is 9.37 Å². The second-order valence-electron chi connectivity index (χ2n) is 8.07. The predicted molar refractivity (Wildman–Crippen MR) is 116 cm³/mol. The second-order valence-corrected chi connectivity index (χ2v) is 8.07. The topological polar surface area (TPSA) is 80.9 Å². The number of halogens is 1. The first kappa shape index (κ1) is 20.2. The fourth-order valence-corrected chi connectivity index (χ4v) is 4.34. The number of carbonyl (C=O) groups is 1. The number of pyridine rings is 2. The molecule has 1 aliphatic carbocycles. The molecular weight excluding hydrogens is 379 g/mol. The summed E-state index contributed by atoms with van der Waals surface area (Å²) in [7, 11) is 0. The van der Waals surface area contributed by atoms with Gasteiger partial charge in [0, 0.05) is 17.8 Å². The first-order valence-electron chi connectivity index (χ1n) is 10.2. The molecule has 3 atom stereocenters. The Kier molecular flexibility index (Phi) is 5.86. The standard InChI is InChI=1S/C24H25FN4O/c1-15-11-16(13-17(26)12-15)18-9-10-27-14-23(18)29-24(30)22-8-4-7-21(28-22)19-5-2-3-6-20(19)25/h2-10,14-17H,11-13,26H2,1H3,(H,29,30)/t15-,16+,17-/m0/s1. The van der Waals surface area contributed by atoms with Crippen LogP contribution < -0.4 is 11.1 Å². The lowest BCUT2D eigenvalue weighted by molar-refractivity contribution is 0.102. The third-order valence-electron chi connectivity index (χ3n) is 5.65. The lowest BCUT2D eigenvalue weighted by Gasteiger charge is -2.32. The third kappa shape index (κ3) is 4.39. The highest BCUT2D eigenvalue weighted by Crippen LogP contribution is 2.38. The Hall–Kier alpha value is -3.12. The molecule has 1 aliphatic rings. The van der Waals surface area contributed by atoms with Crippen molar-refractivity contribution in [3.8, 4) is 11.3 Å². The molecule has 1 fully saturated rings. The van der Waals surface area contributed by atoms with Crippen molar-refractivity contribution in [2.75, 3.05) is 5.32 Å². The molecule has 0 unspecified atom stereocenters. The van der Waals surface area contributed by atoms with Crippen LogP contribution >= 0.6 is 0 Å². The molecule has 0 saturated heterocycles. The van der Waals surface area contributed by atoms with Crippen LogP contribution in [0.15, 0.2) is 60.9 Å². The van der Waals surface area contributed by atoms with E-state index in [0.717, 1.165) is 24.8 Å². The maximum Gasteiger partial charge on any atom is 0.274 e. The summed E-state index contributed by atoms with van der Waals surface area (Å²) >= 11 is 0. The average Bonchev–Trinajstić information content (AvgIpc) is 2.74. The van der Waals surface area contributed by atoms with Gasteiger partial charge in [-0.2, -0.15) is 0 Å². The van der Waals surface area contributed by atoms with Gasteiger partial charge in [-0.15, -0.1) is 0 Å². The predicted octanol–water partition coefficient (Wildman–Crippen LogP) is 4.77. The summed E-state index contributed by atoms with van der Waals surface area (Å²) in [5, 5.41) is 2.95. The van der Waals surface area contributed by atoms with Gasteiger partial charge >= 0.3 is 0 Å². The minimum absolute atomic E-state index is 0.162. The highest BCUT2D eigenvalue weighted by molar-refractivity contribution is 6.03. The number of aromatic nitrogens is 2. The third-order valence-corrected chi connectivity index (χ3v) is 5.65. The number of anilines is 1. The zero-order valence-electron chi connectivity index (χ0n) is 16.9. The maximum absolute atomic E-state index is 14.1. The molecule has 0 aliphatic heterocycles. The minimum Gasteiger partial charge on any atom is -0.328 e. The number of amides is 1. The molecule has 30 heavy (non-hydrogen) atoms. The van der Waals surface area contributed by atoms with Crippen LogP contribution in [0.4, 0.5) is 10.1 Å². The van der Waals surface area contributed by atoms with Gasteiger partial charge in [0.2, 0.25) is 0 Å². The molecule has 154 valence electrons. The monoisotopic (exact) mass is 404 g/mol. The fraction of sp³-hybridized carbons (Fsp3) is 0.292. The van der Waals surface area contributed by atoms with Gasteiger partial charge in [0.25, 0.3) is 5.91 Å². The molecule has 1 amide bonds. The molecule has 6 heteroatoms. The molecule has 3 aromatic rings. The van der Waals surface area contributed by atoms with Gasteiger partial charge in [0.1, 0.15) is 11.5 Å². The second kappa shape index (κ2) is 8.71. The highest BCUT2D eigenvalue weighted by Gasteiger charge is 2.27. The van der Waals surface area contributed by atoms with Crippen molar-refractivity contribution in [2.24, 2.45) is 11.7 Å². The van der Waals surface area contributed by atoms with Crippen molar-refractivity contribution in [3.63, 3.8) is 0 Å². The summed E-state index contributed by atoms with van der Waals surface area (Å²) in [6, 6.07) is 13.5. The first-order valence-corrected chi connectivity index (χ1v) is 10.2. The number of nitrogens with zero attached hydrogens (tertiary/aromatic N) is 2. The summed E-state index contributed by atoms with van der Waals surface area (Å²) in [6.07, 6.45) is 6.35. The van der Waals surface area contributed by atoms with Crippen molar-refractivity contribution in [1.29, 1.82) is 0 Å². The Bertz CT molecular complexity index is 1040. The van der Waals surface area contributed by atoms with E-state index in [2.05, 4.69) is 22.2 Å². The molecule has 3 N–H and O–H groups in total. The molecular formula is C24H25FN4O. The maximum atomic E-state index is 14.1. The van der Waals surface area contributed by atoms with Gasteiger partial charge in [-0.3, -0.25) is 9.78 Å². The molecule has 5 nitrogen and oxygen atoms in total. The van der Waals surface area contributed by atoms with Crippen LogP contribution in [0.3, 0.4) is 0 Å². The fourth-order valence-electron chi connectivity index (χ4n) is 4.34. The Labute approximate surface area is 175 Å². The quantitative estimate of drug-likeness (QED) is 0.657. The Morgan fingerprint density at radius 1 is 1.10 bits per heavy atom. The number of rotatable bonds is 4. The van der Waals surface area contributed by atoms with Crippen LogP contribution in [-0.4, -0.2) is 21.9 Å². The van der Waals surface area contributed by atoms with Crippen LogP contribution in [0.25, 0.3) is 11.3 Å². The molecule has 0 radical (unpaired) electrons. The summed E-state index contributed by atoms with van der Waals surface area (Å²) in [5.74, 6) is 0.0878. The number of nitrogens with one attached hydrogen (secondary N) is 1. The number of benzene rings is 1. The molecule has 0 bridgehead atoms. The van der Waals surface area contributed by atoms with Crippen molar-refractivity contribution < 1.29 is 9.18 Å². The lowest BCUT2D eigenvalue weighted by Crippen LogP contribution is -2.31. The summed E-state index contributed by atoms with van der Waals surface area (Å²) in [6.45, 7) is 2.21. The van der Waals surface area contributed by atoms with Crippen molar-refractivity contribution >= 4 is 11.6 Å². The number of hydrogen-bond acceptors (Lipinski definition) is 4. The van der Waals surface area contributed by atoms with Crippen LogP contribution in [0, 0.1) is 11.7 Å². The van der Waals surface area contributed by atoms with Gasteiger partial charge < -0.3 is 11.1 Å². The van der Waals surface area contributed by atoms with E-state index in [4.69, 9.17) is 5.73 Å². The Morgan fingerprint density at radius 3 is 2.73 bits per heavy atom. The first-order chi connectivity index (χ1) is 14.5.